The Hall–Kier alpha value is -2.59. The Morgan fingerprint density at radius 3 is 2.11 bits per heavy atom. The fraction of sp³-hybridized carbons (Fsp3) is 0.0526. The van der Waals surface area contributed by atoms with Crippen LogP contribution in [0, 0.1) is 5.82 Å². The van der Waals surface area contributed by atoms with Gasteiger partial charge in [0.25, 0.3) is 10.1 Å². The van der Waals surface area contributed by atoms with E-state index in [1.54, 1.807) is 24.3 Å². The predicted octanol–water partition coefficient (Wildman–Crippen LogP) is 2.98. The first-order chi connectivity index (χ1) is 13.1. The summed E-state index contributed by atoms with van der Waals surface area (Å²) in [5.41, 5.74) is 0.842. The predicted molar refractivity (Wildman–Crippen MR) is 102 cm³/mol. The van der Waals surface area contributed by atoms with E-state index in [0.717, 1.165) is 29.8 Å². The summed E-state index contributed by atoms with van der Waals surface area (Å²) in [6.07, 6.45) is 0.208. The van der Waals surface area contributed by atoms with Gasteiger partial charge in [0.2, 0.25) is 10.0 Å². The van der Waals surface area contributed by atoms with Crippen molar-refractivity contribution >= 4 is 20.1 Å². The summed E-state index contributed by atoms with van der Waals surface area (Å²) in [5, 5.41) is 5.22. The van der Waals surface area contributed by atoms with Crippen LogP contribution in [0.1, 0.15) is 11.1 Å². The zero-order valence-corrected chi connectivity index (χ0v) is 16.0. The third kappa shape index (κ3) is 4.28. The van der Waals surface area contributed by atoms with Crippen molar-refractivity contribution in [1.82, 2.24) is 0 Å². The second-order valence-corrected chi connectivity index (χ2v) is 9.04. The van der Waals surface area contributed by atoms with Crippen LogP contribution in [0.25, 0.3) is 11.1 Å². The fourth-order valence-corrected chi connectivity index (χ4v) is 4.51. The Balaban J connectivity index is 2.25. The van der Waals surface area contributed by atoms with E-state index in [2.05, 4.69) is 0 Å². The van der Waals surface area contributed by atoms with E-state index in [1.165, 1.54) is 12.1 Å². The Morgan fingerprint density at radius 2 is 1.50 bits per heavy atom. The Bertz CT molecular complexity index is 1190. The van der Waals surface area contributed by atoms with Crippen molar-refractivity contribution in [3.05, 3.63) is 83.7 Å². The van der Waals surface area contributed by atoms with Crippen LogP contribution in [0.5, 0.6) is 0 Å². The summed E-state index contributed by atoms with van der Waals surface area (Å²) in [4.78, 5) is -1.11. The van der Waals surface area contributed by atoms with Gasteiger partial charge in [0.15, 0.2) is 0 Å². The first-order valence-corrected chi connectivity index (χ1v) is 11.0. The van der Waals surface area contributed by atoms with Crippen LogP contribution in [0.3, 0.4) is 0 Å². The molecule has 0 amide bonds. The lowest BCUT2D eigenvalue weighted by atomic mass is 9.98. The summed E-state index contributed by atoms with van der Waals surface area (Å²) in [7, 11) is -9.08. The van der Waals surface area contributed by atoms with E-state index in [1.807, 2.05) is 6.07 Å². The molecule has 3 aromatic carbocycles. The molecule has 146 valence electrons. The second-order valence-electron chi connectivity index (χ2n) is 6.12. The molecule has 6 nitrogen and oxygen atoms in total. The lowest BCUT2D eigenvalue weighted by Crippen LogP contribution is -2.15. The van der Waals surface area contributed by atoms with E-state index in [9.17, 15) is 25.8 Å². The molecule has 0 atom stereocenters. The molecular formula is C19H16FNO5S2. The SMILES string of the molecule is NS(=O)(=O)c1cccc(S(=O)(=O)O)c1-c1ccc(F)c(Cc2ccccc2)c1. The number of benzene rings is 3. The zero-order valence-electron chi connectivity index (χ0n) is 14.4. The van der Waals surface area contributed by atoms with Crippen molar-refractivity contribution in [3.63, 3.8) is 0 Å². The van der Waals surface area contributed by atoms with Gasteiger partial charge in [-0.15, -0.1) is 0 Å². The quantitative estimate of drug-likeness (QED) is 0.615. The summed E-state index contributed by atoms with van der Waals surface area (Å²) >= 11 is 0. The second kappa shape index (κ2) is 7.44. The maximum absolute atomic E-state index is 14.3. The maximum atomic E-state index is 14.3. The largest absolute Gasteiger partial charge is 0.295 e. The number of hydrogen-bond donors (Lipinski definition) is 2. The van der Waals surface area contributed by atoms with Gasteiger partial charge in [-0.2, -0.15) is 8.42 Å². The molecule has 3 aromatic rings. The highest BCUT2D eigenvalue weighted by Gasteiger charge is 2.25. The first-order valence-electron chi connectivity index (χ1n) is 8.03. The molecule has 0 aliphatic carbocycles. The van der Waals surface area contributed by atoms with Crippen LogP contribution in [0.4, 0.5) is 4.39 Å². The lowest BCUT2D eigenvalue weighted by molar-refractivity contribution is 0.483. The Labute approximate surface area is 162 Å². The van der Waals surface area contributed by atoms with Crippen LogP contribution in [-0.2, 0) is 26.6 Å². The molecule has 0 saturated heterocycles. The van der Waals surface area contributed by atoms with Gasteiger partial charge in [-0.25, -0.2) is 17.9 Å². The number of rotatable bonds is 5. The smallest absolute Gasteiger partial charge is 0.282 e. The minimum Gasteiger partial charge on any atom is -0.282 e. The number of sulfonamides is 1. The van der Waals surface area contributed by atoms with Crippen LogP contribution in [0.2, 0.25) is 0 Å². The molecule has 0 aromatic heterocycles. The van der Waals surface area contributed by atoms with E-state index >= 15 is 0 Å². The van der Waals surface area contributed by atoms with E-state index in [4.69, 9.17) is 5.14 Å². The summed E-state index contributed by atoms with van der Waals surface area (Å²) in [6.45, 7) is 0. The molecule has 0 unspecified atom stereocenters. The molecule has 0 bridgehead atoms. The third-order valence-corrected chi connectivity index (χ3v) is 5.99. The first kappa shape index (κ1) is 20.2. The number of primary sulfonamides is 1. The molecule has 28 heavy (non-hydrogen) atoms. The summed E-state index contributed by atoms with van der Waals surface area (Å²) in [5.74, 6) is -0.533. The number of nitrogens with two attached hydrogens (primary N) is 1. The molecule has 3 rings (SSSR count). The zero-order chi connectivity index (χ0) is 20.5. The molecule has 0 aliphatic heterocycles. The molecule has 0 heterocycles. The highest BCUT2D eigenvalue weighted by Crippen LogP contribution is 2.34. The van der Waals surface area contributed by atoms with Crippen molar-refractivity contribution in [2.24, 2.45) is 5.14 Å². The van der Waals surface area contributed by atoms with Crippen molar-refractivity contribution in [2.75, 3.05) is 0 Å². The van der Waals surface area contributed by atoms with E-state index in [-0.39, 0.29) is 23.1 Å². The maximum Gasteiger partial charge on any atom is 0.295 e. The van der Waals surface area contributed by atoms with Gasteiger partial charge in [0.1, 0.15) is 10.7 Å². The monoisotopic (exact) mass is 421 g/mol. The van der Waals surface area contributed by atoms with Gasteiger partial charge in [-0.1, -0.05) is 42.5 Å². The molecule has 0 fully saturated rings. The molecule has 0 saturated carbocycles. The molecule has 0 spiro atoms. The standard InChI is InChI=1S/C19H16FNO5S2/c20-16-10-9-14(12-15(16)11-13-5-2-1-3-6-13)19-17(27(21,22)23)7-4-8-18(19)28(24,25)26/h1-10,12H,11H2,(H2,21,22,23)(H,24,25,26). The Morgan fingerprint density at radius 1 is 0.857 bits per heavy atom. The van der Waals surface area contributed by atoms with E-state index < -0.39 is 35.7 Å². The highest BCUT2D eigenvalue weighted by atomic mass is 32.2. The van der Waals surface area contributed by atoms with Gasteiger partial charge >= 0.3 is 0 Å². The molecule has 3 N–H and O–H groups in total. The number of hydrogen-bond acceptors (Lipinski definition) is 4. The minimum atomic E-state index is -4.76. The van der Waals surface area contributed by atoms with Crippen LogP contribution < -0.4 is 5.14 Å². The molecular weight excluding hydrogens is 405 g/mol. The normalized spacial score (nSPS) is 12.1. The van der Waals surface area contributed by atoms with Crippen molar-refractivity contribution in [3.8, 4) is 11.1 Å². The molecule has 0 aliphatic rings. The van der Waals surface area contributed by atoms with Gasteiger partial charge < -0.3 is 0 Å². The lowest BCUT2D eigenvalue weighted by Gasteiger charge is -2.14. The number of halogens is 1. The van der Waals surface area contributed by atoms with Crippen LogP contribution in [0.15, 0.2) is 76.5 Å². The van der Waals surface area contributed by atoms with Crippen molar-refractivity contribution in [1.29, 1.82) is 0 Å². The highest BCUT2D eigenvalue weighted by molar-refractivity contribution is 7.89. The molecule has 0 radical (unpaired) electrons. The summed E-state index contributed by atoms with van der Waals surface area (Å²) < 4.78 is 71.4. The molecule has 9 heteroatoms. The van der Waals surface area contributed by atoms with Crippen LogP contribution in [-0.4, -0.2) is 21.4 Å². The van der Waals surface area contributed by atoms with Crippen molar-refractivity contribution < 1.29 is 25.8 Å². The fourth-order valence-electron chi connectivity index (χ4n) is 2.93. The van der Waals surface area contributed by atoms with Gasteiger partial charge in [-0.05, 0) is 41.0 Å². The summed E-state index contributed by atoms with van der Waals surface area (Å²) in [6, 6.07) is 16.0. The van der Waals surface area contributed by atoms with Gasteiger partial charge in [0, 0.05) is 12.0 Å². The van der Waals surface area contributed by atoms with E-state index in [0.29, 0.717) is 0 Å². The van der Waals surface area contributed by atoms with Crippen molar-refractivity contribution in [2.45, 2.75) is 16.2 Å². The van der Waals surface area contributed by atoms with Crippen LogP contribution >= 0.6 is 0 Å². The van der Waals surface area contributed by atoms with Gasteiger partial charge in [0.05, 0.1) is 4.90 Å². The van der Waals surface area contributed by atoms with Gasteiger partial charge in [-0.3, -0.25) is 4.55 Å². The Kier molecular flexibility index (Phi) is 5.35. The average Bonchev–Trinajstić information content (AvgIpc) is 2.62. The average molecular weight is 421 g/mol. The third-order valence-electron chi connectivity index (χ3n) is 4.14. The topological polar surface area (TPSA) is 115 Å². The minimum absolute atomic E-state index is 0.101.